The average molecular weight is 479 g/mol. The molecule has 0 saturated heterocycles. The SMILES string of the molecule is CC[Si](CC)(CC)O[C@]12CC[C@@H](OC)C(C(=O)OC)=C1C=C1[C@@H](O)C[C@H](C(C)C)[C@@]1(C)CC2. The Morgan fingerprint density at radius 1 is 1.15 bits per heavy atom. The molecule has 188 valence electrons. The van der Waals surface area contributed by atoms with Gasteiger partial charge in [-0.05, 0) is 78.6 Å². The minimum absolute atomic E-state index is 0.104. The van der Waals surface area contributed by atoms with Gasteiger partial charge < -0.3 is 19.0 Å². The van der Waals surface area contributed by atoms with Crippen molar-refractivity contribution in [3.8, 4) is 0 Å². The van der Waals surface area contributed by atoms with Gasteiger partial charge >= 0.3 is 5.97 Å². The molecule has 3 aliphatic rings. The molecule has 3 aliphatic carbocycles. The van der Waals surface area contributed by atoms with Crippen molar-refractivity contribution in [3.63, 3.8) is 0 Å². The molecule has 33 heavy (non-hydrogen) atoms. The van der Waals surface area contributed by atoms with Crippen LogP contribution in [0.15, 0.2) is 22.8 Å². The molecule has 0 unspecified atom stereocenters. The van der Waals surface area contributed by atoms with Gasteiger partial charge in [0.15, 0.2) is 8.32 Å². The highest BCUT2D eigenvalue weighted by atomic mass is 28.4. The van der Waals surface area contributed by atoms with Crippen LogP contribution >= 0.6 is 0 Å². The quantitative estimate of drug-likeness (QED) is 0.353. The molecule has 0 heterocycles. The number of methoxy groups -OCH3 is 2. The third kappa shape index (κ3) is 4.41. The maximum atomic E-state index is 13.1. The number of carbonyl (C=O) groups excluding carboxylic acids is 1. The highest BCUT2D eigenvalue weighted by molar-refractivity contribution is 6.73. The lowest BCUT2D eigenvalue weighted by Gasteiger charge is -2.47. The number of carbonyl (C=O) groups is 1. The van der Waals surface area contributed by atoms with E-state index < -0.39 is 20.0 Å². The fraction of sp³-hybridized carbons (Fsp3) is 0.815. The average Bonchev–Trinajstić information content (AvgIpc) is 2.98. The number of aliphatic hydroxyl groups excluding tert-OH is 1. The number of ether oxygens (including phenoxy) is 2. The summed E-state index contributed by atoms with van der Waals surface area (Å²) >= 11 is 0. The molecule has 3 rings (SSSR count). The van der Waals surface area contributed by atoms with Crippen LogP contribution in [0.25, 0.3) is 0 Å². The Kier molecular flexibility index (Phi) is 8.04. The summed E-state index contributed by atoms with van der Waals surface area (Å²) in [6.07, 6.45) is 5.51. The Morgan fingerprint density at radius 3 is 2.30 bits per heavy atom. The first-order chi connectivity index (χ1) is 15.6. The van der Waals surface area contributed by atoms with Crippen molar-refractivity contribution in [3.05, 3.63) is 22.8 Å². The van der Waals surface area contributed by atoms with Gasteiger partial charge in [-0.1, -0.05) is 47.6 Å². The predicted molar refractivity (Wildman–Crippen MR) is 134 cm³/mol. The molecule has 0 aliphatic heterocycles. The summed E-state index contributed by atoms with van der Waals surface area (Å²) in [7, 11) is 1.12. The van der Waals surface area contributed by atoms with E-state index in [2.05, 4.69) is 47.6 Å². The van der Waals surface area contributed by atoms with Crippen LogP contribution in [0.1, 0.15) is 73.6 Å². The van der Waals surface area contributed by atoms with Crippen molar-refractivity contribution >= 4 is 14.3 Å². The van der Waals surface area contributed by atoms with Crippen LogP contribution in [0.5, 0.6) is 0 Å². The van der Waals surface area contributed by atoms with Crippen molar-refractivity contribution in [1.29, 1.82) is 0 Å². The lowest BCUT2D eigenvalue weighted by atomic mass is 9.68. The Balaban J connectivity index is 2.28. The summed E-state index contributed by atoms with van der Waals surface area (Å²) in [5, 5.41) is 11.2. The van der Waals surface area contributed by atoms with E-state index >= 15 is 0 Å². The number of rotatable bonds is 8. The van der Waals surface area contributed by atoms with E-state index in [4.69, 9.17) is 13.9 Å². The minimum Gasteiger partial charge on any atom is -0.466 e. The van der Waals surface area contributed by atoms with Crippen molar-refractivity contribution in [1.82, 2.24) is 0 Å². The first kappa shape index (κ1) is 26.6. The van der Waals surface area contributed by atoms with Crippen LogP contribution in [-0.2, 0) is 18.7 Å². The van der Waals surface area contributed by atoms with Crippen molar-refractivity contribution < 1.29 is 23.8 Å². The van der Waals surface area contributed by atoms with E-state index in [0.29, 0.717) is 17.4 Å². The smallest absolute Gasteiger partial charge is 0.336 e. The van der Waals surface area contributed by atoms with Crippen LogP contribution in [0.4, 0.5) is 0 Å². The van der Waals surface area contributed by atoms with E-state index in [9.17, 15) is 9.90 Å². The molecule has 0 amide bonds. The molecule has 0 spiro atoms. The first-order valence-electron chi connectivity index (χ1n) is 13.0. The second-order valence-electron chi connectivity index (χ2n) is 11.0. The maximum Gasteiger partial charge on any atom is 0.336 e. The topological polar surface area (TPSA) is 65.0 Å². The van der Waals surface area contributed by atoms with Crippen molar-refractivity contribution in [2.45, 2.75) is 110 Å². The standard InChI is InChI=1S/C27H46O5Si/c1-9-33(10-2,11-3)32-27-13-12-23(30-7)24(25(29)31-8)21(27)16-20-22(28)17-19(18(4)5)26(20,6)14-15-27/h16,18-19,22-23,28H,9-15,17H2,1-8H3/t19-,22+,23-,26-,27+/m1/s1. The van der Waals surface area contributed by atoms with Gasteiger partial charge in [-0.25, -0.2) is 4.79 Å². The molecular formula is C27H46O5Si. The summed E-state index contributed by atoms with van der Waals surface area (Å²) in [5.41, 5.74) is 1.95. The zero-order valence-electron chi connectivity index (χ0n) is 22.1. The minimum atomic E-state index is -1.99. The van der Waals surface area contributed by atoms with Gasteiger partial charge in [-0.15, -0.1) is 0 Å². The van der Waals surface area contributed by atoms with Gasteiger partial charge in [-0.3, -0.25) is 0 Å². The fourth-order valence-corrected chi connectivity index (χ4v) is 10.2. The van der Waals surface area contributed by atoms with Crippen LogP contribution in [0.3, 0.4) is 0 Å². The van der Waals surface area contributed by atoms with E-state index in [1.807, 2.05) is 0 Å². The maximum absolute atomic E-state index is 13.1. The summed E-state index contributed by atoms with van der Waals surface area (Å²) in [6, 6.07) is 3.17. The summed E-state index contributed by atoms with van der Waals surface area (Å²) < 4.78 is 18.4. The van der Waals surface area contributed by atoms with E-state index in [-0.39, 0.29) is 17.5 Å². The summed E-state index contributed by atoms with van der Waals surface area (Å²) in [4.78, 5) is 13.1. The Hall–Kier alpha value is -0.953. The van der Waals surface area contributed by atoms with Crippen molar-refractivity contribution in [2.75, 3.05) is 14.2 Å². The molecule has 0 radical (unpaired) electrons. The molecule has 5 nitrogen and oxygen atoms in total. The van der Waals surface area contributed by atoms with Gasteiger partial charge in [0, 0.05) is 7.11 Å². The van der Waals surface area contributed by atoms with Gasteiger partial charge in [0.25, 0.3) is 0 Å². The summed E-state index contributed by atoms with van der Waals surface area (Å²) in [5.74, 6) is 0.542. The van der Waals surface area contributed by atoms with Gasteiger partial charge in [0.2, 0.25) is 0 Å². The van der Waals surface area contributed by atoms with Gasteiger partial charge in [-0.2, -0.15) is 0 Å². The third-order valence-electron chi connectivity index (χ3n) is 9.41. The van der Waals surface area contributed by atoms with E-state index in [1.54, 1.807) is 7.11 Å². The number of esters is 1. The van der Waals surface area contributed by atoms with Crippen LogP contribution < -0.4 is 0 Å². The number of fused-ring (bicyclic) bond motifs is 2. The van der Waals surface area contributed by atoms with Gasteiger partial charge in [0.05, 0.1) is 30.5 Å². The largest absolute Gasteiger partial charge is 0.466 e. The Bertz CT molecular complexity index is 790. The second-order valence-corrected chi connectivity index (χ2v) is 15.7. The Morgan fingerprint density at radius 2 is 1.79 bits per heavy atom. The van der Waals surface area contributed by atoms with Crippen LogP contribution in [-0.4, -0.2) is 51.4 Å². The van der Waals surface area contributed by atoms with Crippen LogP contribution in [0, 0.1) is 17.3 Å². The fourth-order valence-electron chi connectivity index (χ4n) is 7.09. The van der Waals surface area contributed by atoms with Crippen molar-refractivity contribution in [2.24, 2.45) is 17.3 Å². The second kappa shape index (κ2) is 9.96. The van der Waals surface area contributed by atoms with Crippen LogP contribution in [0.2, 0.25) is 18.1 Å². The number of hydrogen-bond donors (Lipinski definition) is 1. The number of aliphatic hydroxyl groups is 1. The Labute approximate surface area is 202 Å². The molecule has 0 aromatic carbocycles. The molecule has 0 aromatic heterocycles. The molecule has 6 heteroatoms. The van der Waals surface area contributed by atoms with Gasteiger partial charge in [0.1, 0.15) is 0 Å². The zero-order chi connectivity index (χ0) is 24.6. The lowest BCUT2D eigenvalue weighted by molar-refractivity contribution is -0.138. The molecule has 5 atom stereocenters. The van der Waals surface area contributed by atoms with E-state index in [0.717, 1.165) is 61.4 Å². The zero-order valence-corrected chi connectivity index (χ0v) is 23.1. The first-order valence-corrected chi connectivity index (χ1v) is 15.6. The lowest BCUT2D eigenvalue weighted by Crippen LogP contribution is -2.51. The molecular weight excluding hydrogens is 432 g/mol. The highest BCUT2D eigenvalue weighted by Gasteiger charge is 2.55. The molecule has 1 N–H and O–H groups in total. The predicted octanol–water partition coefficient (Wildman–Crippen LogP) is 5.79. The monoisotopic (exact) mass is 478 g/mol. The molecule has 0 bridgehead atoms. The molecule has 0 aromatic rings. The highest BCUT2D eigenvalue weighted by Crippen LogP contribution is 2.59. The molecule has 1 saturated carbocycles. The normalized spacial score (nSPS) is 34.6. The third-order valence-corrected chi connectivity index (χ3v) is 14.1. The van der Waals surface area contributed by atoms with E-state index in [1.165, 1.54) is 7.11 Å². The molecule has 1 fully saturated rings. The summed E-state index contributed by atoms with van der Waals surface area (Å²) in [6.45, 7) is 13.6. The number of hydrogen-bond acceptors (Lipinski definition) is 5.